The van der Waals surface area contributed by atoms with Crippen LogP contribution in [0.2, 0.25) is 0 Å². The van der Waals surface area contributed by atoms with Crippen molar-refractivity contribution in [1.29, 1.82) is 0 Å². The number of hydrogen-bond acceptors (Lipinski definition) is 7. The molecular formula is C36H68N6O6. The third kappa shape index (κ3) is 24.2. The van der Waals surface area contributed by atoms with E-state index in [1.54, 1.807) is 0 Å². The van der Waals surface area contributed by atoms with Gasteiger partial charge < -0.3 is 37.8 Å². The molecule has 0 unspecified atom stereocenters. The van der Waals surface area contributed by atoms with E-state index >= 15 is 0 Å². The van der Waals surface area contributed by atoms with Crippen molar-refractivity contribution in [2.24, 2.45) is 11.5 Å². The fourth-order valence-corrected chi connectivity index (χ4v) is 5.20. The van der Waals surface area contributed by atoms with Gasteiger partial charge in [-0.3, -0.25) is 24.0 Å². The molecule has 0 rings (SSSR count). The van der Waals surface area contributed by atoms with Crippen LogP contribution in [0.15, 0.2) is 12.2 Å². The molecular weight excluding hydrogens is 612 g/mol. The number of nitrogens with one attached hydrogen (secondary N) is 4. The average Bonchev–Trinajstić information content (AvgIpc) is 3.05. The number of carboxylic acid groups (broad SMARTS) is 1. The number of aliphatic carboxylic acids is 1. The Morgan fingerprint density at radius 3 is 1.52 bits per heavy atom. The van der Waals surface area contributed by atoms with Gasteiger partial charge in [0.25, 0.3) is 0 Å². The predicted octanol–water partition coefficient (Wildman–Crippen LogP) is 4.35. The van der Waals surface area contributed by atoms with Crippen molar-refractivity contribution in [1.82, 2.24) is 21.3 Å². The number of nitrogens with two attached hydrogens (primary N) is 2. The summed E-state index contributed by atoms with van der Waals surface area (Å²) in [6.07, 6.45) is 23.3. The minimum Gasteiger partial charge on any atom is -0.480 e. The van der Waals surface area contributed by atoms with Crippen molar-refractivity contribution in [3.05, 3.63) is 12.2 Å². The second-order valence-corrected chi connectivity index (χ2v) is 12.9. The highest BCUT2D eigenvalue weighted by molar-refractivity contribution is 5.94. The highest BCUT2D eigenvalue weighted by atomic mass is 16.4. The Hall–Kier alpha value is -2.99. The van der Waals surface area contributed by atoms with Gasteiger partial charge in [-0.05, 0) is 97.6 Å². The zero-order chi connectivity index (χ0) is 36.0. The average molecular weight is 681 g/mol. The van der Waals surface area contributed by atoms with Gasteiger partial charge in [-0.2, -0.15) is 0 Å². The van der Waals surface area contributed by atoms with Crippen molar-refractivity contribution in [2.75, 3.05) is 13.1 Å². The van der Waals surface area contributed by atoms with Crippen LogP contribution in [0.3, 0.4) is 0 Å². The number of allylic oxidation sites excluding steroid dienone is 2. The van der Waals surface area contributed by atoms with Gasteiger partial charge >= 0.3 is 5.97 Å². The molecule has 4 atom stereocenters. The van der Waals surface area contributed by atoms with Gasteiger partial charge in [0.05, 0.1) is 0 Å². The maximum Gasteiger partial charge on any atom is 0.325 e. The van der Waals surface area contributed by atoms with Crippen LogP contribution in [-0.4, -0.2) is 72.0 Å². The molecule has 0 aliphatic rings. The van der Waals surface area contributed by atoms with Crippen LogP contribution in [0.1, 0.15) is 149 Å². The summed E-state index contributed by atoms with van der Waals surface area (Å²) >= 11 is 0. The number of hydrogen-bond donors (Lipinski definition) is 7. The lowest BCUT2D eigenvalue weighted by atomic mass is 10.1. The first-order chi connectivity index (χ1) is 23.1. The molecule has 0 aromatic carbocycles. The van der Waals surface area contributed by atoms with Crippen molar-refractivity contribution in [3.8, 4) is 0 Å². The summed E-state index contributed by atoms with van der Waals surface area (Å²) in [5.74, 6) is -3.12. The summed E-state index contributed by atoms with van der Waals surface area (Å²) in [7, 11) is 0. The van der Waals surface area contributed by atoms with Crippen LogP contribution in [0.25, 0.3) is 0 Å². The molecule has 4 amide bonds. The van der Waals surface area contributed by atoms with Crippen molar-refractivity contribution < 1.29 is 29.1 Å². The van der Waals surface area contributed by atoms with Gasteiger partial charge in [0.15, 0.2) is 0 Å². The van der Waals surface area contributed by atoms with Gasteiger partial charge in [-0.1, -0.05) is 70.4 Å². The van der Waals surface area contributed by atoms with E-state index in [2.05, 4.69) is 40.3 Å². The zero-order valence-electron chi connectivity index (χ0n) is 30.2. The molecule has 0 aliphatic carbocycles. The Morgan fingerprint density at radius 2 is 1.02 bits per heavy atom. The van der Waals surface area contributed by atoms with E-state index in [1.165, 1.54) is 58.8 Å². The molecule has 0 bridgehead atoms. The lowest BCUT2D eigenvalue weighted by molar-refractivity contribution is -0.141. The molecule has 12 heteroatoms. The summed E-state index contributed by atoms with van der Waals surface area (Å²) in [5, 5.41) is 19.6. The molecule has 0 saturated heterocycles. The number of carbonyl (C=O) groups is 5. The molecule has 9 N–H and O–H groups in total. The number of carbonyl (C=O) groups excluding carboxylic acids is 4. The Labute approximate surface area is 289 Å². The summed E-state index contributed by atoms with van der Waals surface area (Å²) < 4.78 is 0. The van der Waals surface area contributed by atoms with Gasteiger partial charge in [0.1, 0.15) is 24.2 Å². The van der Waals surface area contributed by atoms with Crippen LogP contribution in [-0.2, 0) is 24.0 Å². The van der Waals surface area contributed by atoms with Gasteiger partial charge in [0, 0.05) is 6.42 Å². The predicted molar refractivity (Wildman–Crippen MR) is 192 cm³/mol. The van der Waals surface area contributed by atoms with Gasteiger partial charge in [-0.15, -0.1) is 0 Å². The molecule has 0 aromatic heterocycles. The number of carboxylic acids is 1. The molecule has 278 valence electrons. The standard InChI is InChI=1S/C36H68N6O6/c1-4-5-6-7-8-9-10-11-12-13-14-15-16-17-18-25-32(43)41-30(23-19-21-26-37)34(45)39-28(2)33(44)42-31(24-20-22-27-38)35(46)40-29(3)36(47)48/h11-12,28-31H,4-10,13-27,37-38H2,1-3H3,(H,39,45)(H,40,46)(H,41,43)(H,42,44)(H,47,48)/b12-11-/t28-,29-,30-,31-/m0/s1. The van der Waals surface area contributed by atoms with Crippen LogP contribution in [0.4, 0.5) is 0 Å². The topological polar surface area (TPSA) is 206 Å². The number of unbranched alkanes of at least 4 members (excludes halogenated alkanes) is 13. The lowest BCUT2D eigenvalue weighted by Gasteiger charge is -2.24. The Morgan fingerprint density at radius 1 is 0.562 bits per heavy atom. The van der Waals surface area contributed by atoms with E-state index in [1.807, 2.05) is 0 Å². The summed E-state index contributed by atoms with van der Waals surface area (Å²) in [6, 6.07) is -3.94. The SMILES string of the molecule is CCCCCCCC/C=C\CCCCCCCC(=O)N[C@@H](CCCCN)C(=O)N[C@@H](C)C(=O)N[C@@H](CCCCN)C(=O)N[C@@H](C)C(=O)O. The molecule has 12 nitrogen and oxygen atoms in total. The van der Waals surface area contributed by atoms with E-state index in [0.29, 0.717) is 51.6 Å². The molecule has 0 heterocycles. The fraction of sp³-hybridized carbons (Fsp3) is 0.806. The summed E-state index contributed by atoms with van der Waals surface area (Å²) in [4.78, 5) is 62.7. The van der Waals surface area contributed by atoms with Crippen molar-refractivity contribution >= 4 is 29.6 Å². The number of amides is 4. The van der Waals surface area contributed by atoms with Crippen LogP contribution in [0, 0.1) is 0 Å². The van der Waals surface area contributed by atoms with Gasteiger partial charge in [-0.25, -0.2) is 0 Å². The van der Waals surface area contributed by atoms with E-state index in [9.17, 15) is 24.0 Å². The lowest BCUT2D eigenvalue weighted by Crippen LogP contribution is -2.56. The second-order valence-electron chi connectivity index (χ2n) is 12.9. The highest BCUT2D eigenvalue weighted by Gasteiger charge is 2.28. The van der Waals surface area contributed by atoms with E-state index < -0.39 is 47.9 Å². The van der Waals surface area contributed by atoms with Crippen LogP contribution >= 0.6 is 0 Å². The van der Waals surface area contributed by atoms with E-state index in [-0.39, 0.29) is 12.3 Å². The third-order valence-corrected chi connectivity index (χ3v) is 8.33. The van der Waals surface area contributed by atoms with Crippen molar-refractivity contribution in [2.45, 2.75) is 173 Å². The number of rotatable bonds is 31. The molecule has 0 fully saturated rings. The first-order valence-corrected chi connectivity index (χ1v) is 18.6. The van der Waals surface area contributed by atoms with Crippen LogP contribution < -0.4 is 32.7 Å². The van der Waals surface area contributed by atoms with E-state index in [4.69, 9.17) is 16.6 Å². The Kier molecular flexibility index (Phi) is 28.2. The maximum atomic E-state index is 13.2. The van der Waals surface area contributed by atoms with Gasteiger partial charge in [0.2, 0.25) is 23.6 Å². The molecule has 0 spiro atoms. The maximum absolute atomic E-state index is 13.2. The molecule has 48 heavy (non-hydrogen) atoms. The Balaban J connectivity index is 4.69. The minimum absolute atomic E-state index is 0.207. The smallest absolute Gasteiger partial charge is 0.325 e. The molecule has 0 saturated carbocycles. The zero-order valence-corrected chi connectivity index (χ0v) is 30.2. The first kappa shape index (κ1) is 45.0. The summed E-state index contributed by atoms with van der Waals surface area (Å²) in [6.45, 7) is 5.94. The van der Waals surface area contributed by atoms with Crippen LogP contribution in [0.5, 0.6) is 0 Å². The monoisotopic (exact) mass is 681 g/mol. The molecule has 0 aromatic rings. The van der Waals surface area contributed by atoms with Crippen molar-refractivity contribution in [3.63, 3.8) is 0 Å². The fourth-order valence-electron chi connectivity index (χ4n) is 5.20. The molecule has 0 radical (unpaired) electrons. The Bertz CT molecular complexity index is 931. The minimum atomic E-state index is -1.20. The summed E-state index contributed by atoms with van der Waals surface area (Å²) in [5.41, 5.74) is 11.2. The highest BCUT2D eigenvalue weighted by Crippen LogP contribution is 2.11. The molecule has 0 aliphatic heterocycles. The van der Waals surface area contributed by atoms with E-state index in [0.717, 1.165) is 38.5 Å². The third-order valence-electron chi connectivity index (χ3n) is 8.33. The normalized spacial score (nSPS) is 13.8. The second kappa shape index (κ2) is 30.1. The first-order valence-electron chi connectivity index (χ1n) is 18.6. The quantitative estimate of drug-likeness (QED) is 0.0413. The largest absolute Gasteiger partial charge is 0.480 e.